The Bertz CT molecular complexity index is 472. The number of alkyl halides is 5. The van der Waals surface area contributed by atoms with Crippen LogP contribution < -0.4 is 0 Å². The molecule has 1 aromatic rings. The van der Waals surface area contributed by atoms with Gasteiger partial charge in [0.15, 0.2) is 0 Å². The third-order valence-electron chi connectivity index (χ3n) is 2.21. The average Bonchev–Trinajstić information content (AvgIpc) is 2.27. The van der Waals surface area contributed by atoms with Crippen LogP contribution in [0.5, 0.6) is 0 Å². The summed E-state index contributed by atoms with van der Waals surface area (Å²) in [5.74, 6) is -8.14. The second-order valence-electron chi connectivity index (χ2n) is 3.67. The lowest BCUT2D eigenvalue weighted by Gasteiger charge is -2.21. The second kappa shape index (κ2) is 5.44. The van der Waals surface area contributed by atoms with Crippen molar-refractivity contribution in [3.05, 3.63) is 34.3 Å². The Labute approximate surface area is 113 Å². The van der Waals surface area contributed by atoms with E-state index in [0.717, 1.165) is 0 Å². The summed E-state index contributed by atoms with van der Waals surface area (Å²) < 4.78 is 65.9. The lowest BCUT2D eigenvalue weighted by atomic mass is 10.1. The van der Waals surface area contributed by atoms with Crippen LogP contribution in [0.3, 0.4) is 0 Å². The molecule has 0 aliphatic carbocycles. The van der Waals surface area contributed by atoms with Crippen molar-refractivity contribution in [2.75, 3.05) is 0 Å². The molecule has 1 atom stereocenters. The predicted molar refractivity (Wildman–Crippen MR) is 59.7 cm³/mol. The van der Waals surface area contributed by atoms with Crippen LogP contribution in [0.25, 0.3) is 0 Å². The molecule has 0 saturated carbocycles. The van der Waals surface area contributed by atoms with Crippen LogP contribution in [0.15, 0.2) is 28.7 Å². The smallest absolute Gasteiger partial charge is 0.453 e. The summed E-state index contributed by atoms with van der Waals surface area (Å²) in [5.41, 5.74) is 0.292. The molecule has 8 heteroatoms. The van der Waals surface area contributed by atoms with Crippen molar-refractivity contribution in [1.29, 1.82) is 0 Å². The molecule has 0 fully saturated rings. The molecule has 0 saturated heterocycles. The maximum Gasteiger partial charge on any atom is 0.465 e. The summed E-state index contributed by atoms with van der Waals surface area (Å²) in [7, 11) is 0. The molecule has 1 rings (SSSR count). The van der Waals surface area contributed by atoms with E-state index in [-0.39, 0.29) is 0 Å². The molecular formula is C11H8BrF5O2. The van der Waals surface area contributed by atoms with Gasteiger partial charge >= 0.3 is 18.1 Å². The Morgan fingerprint density at radius 1 is 1.26 bits per heavy atom. The van der Waals surface area contributed by atoms with E-state index in [4.69, 9.17) is 0 Å². The fraction of sp³-hybridized carbons (Fsp3) is 0.364. The highest BCUT2D eigenvalue weighted by Crippen LogP contribution is 2.37. The normalized spacial score (nSPS) is 14.1. The number of ether oxygens (including phenoxy) is 1. The summed E-state index contributed by atoms with van der Waals surface area (Å²) in [4.78, 5) is 10.9. The third kappa shape index (κ3) is 3.65. The number of rotatable bonds is 3. The summed E-state index contributed by atoms with van der Waals surface area (Å²) in [6, 6.07) is 6.05. The van der Waals surface area contributed by atoms with Gasteiger partial charge in [-0.1, -0.05) is 28.1 Å². The first-order valence-electron chi connectivity index (χ1n) is 4.97. The molecular weight excluding hydrogens is 339 g/mol. The van der Waals surface area contributed by atoms with Crippen molar-refractivity contribution >= 4 is 21.9 Å². The molecule has 0 bridgehead atoms. The van der Waals surface area contributed by atoms with E-state index >= 15 is 0 Å². The molecule has 2 nitrogen and oxygen atoms in total. The second-order valence-corrected chi connectivity index (χ2v) is 4.59. The summed E-state index contributed by atoms with van der Waals surface area (Å²) in [5, 5.41) is 0. The average molecular weight is 347 g/mol. The topological polar surface area (TPSA) is 26.3 Å². The van der Waals surface area contributed by atoms with Gasteiger partial charge in [-0.15, -0.1) is 0 Å². The molecule has 0 spiro atoms. The molecule has 0 amide bonds. The lowest BCUT2D eigenvalue weighted by Crippen LogP contribution is -2.45. The zero-order valence-electron chi connectivity index (χ0n) is 9.47. The van der Waals surface area contributed by atoms with Crippen LogP contribution in [0.4, 0.5) is 22.0 Å². The first-order valence-corrected chi connectivity index (χ1v) is 5.76. The lowest BCUT2D eigenvalue weighted by molar-refractivity contribution is -0.282. The fourth-order valence-electron chi connectivity index (χ4n) is 1.18. The van der Waals surface area contributed by atoms with Gasteiger partial charge in [0.25, 0.3) is 0 Å². The number of carbonyl (C=O) groups excluding carboxylic acids is 1. The quantitative estimate of drug-likeness (QED) is 0.604. The number of halogens is 6. The van der Waals surface area contributed by atoms with E-state index in [1.54, 1.807) is 6.07 Å². The molecule has 106 valence electrons. The summed E-state index contributed by atoms with van der Waals surface area (Å²) >= 11 is 3.10. The number of carbonyl (C=O) groups is 1. The SMILES string of the molecule is CC(OC(=O)C(F)(F)C(F)(F)F)c1cccc(Br)c1. The molecule has 0 heterocycles. The van der Waals surface area contributed by atoms with Crippen LogP contribution in [0.1, 0.15) is 18.6 Å². The van der Waals surface area contributed by atoms with Gasteiger partial charge < -0.3 is 4.74 Å². The van der Waals surface area contributed by atoms with E-state index in [2.05, 4.69) is 20.7 Å². The van der Waals surface area contributed by atoms with Gasteiger partial charge in [0.1, 0.15) is 6.10 Å². The Kier molecular flexibility index (Phi) is 4.54. The Balaban J connectivity index is 2.83. The maximum absolute atomic E-state index is 12.7. The largest absolute Gasteiger partial charge is 0.465 e. The van der Waals surface area contributed by atoms with Crippen LogP contribution in [0.2, 0.25) is 0 Å². The molecule has 0 aliphatic heterocycles. The number of hydrogen-bond donors (Lipinski definition) is 0. The minimum atomic E-state index is -5.97. The first-order chi connectivity index (χ1) is 8.55. The van der Waals surface area contributed by atoms with E-state index in [9.17, 15) is 26.7 Å². The van der Waals surface area contributed by atoms with E-state index < -0.39 is 24.2 Å². The zero-order chi connectivity index (χ0) is 14.8. The van der Waals surface area contributed by atoms with Gasteiger partial charge in [-0.05, 0) is 24.6 Å². The third-order valence-corrected chi connectivity index (χ3v) is 2.71. The Morgan fingerprint density at radius 2 is 1.84 bits per heavy atom. The van der Waals surface area contributed by atoms with Crippen molar-refractivity contribution in [2.45, 2.75) is 25.1 Å². The van der Waals surface area contributed by atoms with Crippen molar-refractivity contribution in [1.82, 2.24) is 0 Å². The molecule has 0 aromatic heterocycles. The van der Waals surface area contributed by atoms with Crippen LogP contribution >= 0.6 is 15.9 Å². The minimum Gasteiger partial charge on any atom is -0.453 e. The van der Waals surface area contributed by atoms with Crippen molar-refractivity contribution in [3.63, 3.8) is 0 Å². The van der Waals surface area contributed by atoms with Crippen LogP contribution in [0, 0.1) is 0 Å². The first kappa shape index (κ1) is 15.9. The molecule has 1 unspecified atom stereocenters. The number of benzene rings is 1. The molecule has 0 radical (unpaired) electrons. The van der Waals surface area contributed by atoms with Gasteiger partial charge in [0, 0.05) is 4.47 Å². The maximum atomic E-state index is 12.7. The number of hydrogen-bond acceptors (Lipinski definition) is 2. The van der Waals surface area contributed by atoms with Gasteiger partial charge in [0.2, 0.25) is 0 Å². The molecule has 0 N–H and O–H groups in total. The van der Waals surface area contributed by atoms with E-state index in [0.29, 0.717) is 10.0 Å². The van der Waals surface area contributed by atoms with Gasteiger partial charge in [-0.25, -0.2) is 4.79 Å². The van der Waals surface area contributed by atoms with Gasteiger partial charge in [0.05, 0.1) is 0 Å². The molecule has 19 heavy (non-hydrogen) atoms. The highest BCUT2D eigenvalue weighted by atomic mass is 79.9. The summed E-state index contributed by atoms with van der Waals surface area (Å²) in [6.45, 7) is 1.20. The van der Waals surface area contributed by atoms with Crippen molar-refractivity contribution < 1.29 is 31.5 Å². The number of esters is 1. The standard InChI is InChI=1S/C11H8BrF5O2/c1-6(7-3-2-4-8(12)5-7)19-9(18)10(13,14)11(15,16)17/h2-6H,1H3. The van der Waals surface area contributed by atoms with E-state index in [1.807, 2.05) is 0 Å². The Morgan fingerprint density at radius 3 is 2.32 bits per heavy atom. The van der Waals surface area contributed by atoms with Crippen molar-refractivity contribution in [3.8, 4) is 0 Å². The zero-order valence-corrected chi connectivity index (χ0v) is 11.1. The predicted octanol–water partition coefficient (Wildman–Crippen LogP) is 4.25. The fourth-order valence-corrected chi connectivity index (χ4v) is 1.59. The minimum absolute atomic E-state index is 0.292. The van der Waals surface area contributed by atoms with E-state index in [1.165, 1.54) is 25.1 Å². The van der Waals surface area contributed by atoms with Gasteiger partial charge in [-0.3, -0.25) is 0 Å². The molecule has 0 aliphatic rings. The van der Waals surface area contributed by atoms with Crippen LogP contribution in [-0.4, -0.2) is 18.1 Å². The summed E-state index contributed by atoms with van der Waals surface area (Å²) in [6.07, 6.45) is -7.20. The van der Waals surface area contributed by atoms with Crippen molar-refractivity contribution in [2.24, 2.45) is 0 Å². The molecule has 1 aromatic carbocycles. The monoisotopic (exact) mass is 346 g/mol. The van der Waals surface area contributed by atoms with Gasteiger partial charge in [-0.2, -0.15) is 22.0 Å². The Hall–Kier alpha value is -1.18. The van der Waals surface area contributed by atoms with Crippen LogP contribution in [-0.2, 0) is 9.53 Å². The highest BCUT2D eigenvalue weighted by molar-refractivity contribution is 9.10. The highest BCUT2D eigenvalue weighted by Gasteiger charge is 2.65.